The summed E-state index contributed by atoms with van der Waals surface area (Å²) in [5.41, 5.74) is -0.500. The topological polar surface area (TPSA) is 121 Å². The molecule has 1 unspecified atom stereocenters. The highest BCUT2D eigenvalue weighted by Crippen LogP contribution is 1.95. The number of hydrogen-bond donors (Lipinski definition) is 6. The lowest BCUT2D eigenvalue weighted by Crippen LogP contribution is -2.10. The molecule has 0 fully saturated rings. The van der Waals surface area contributed by atoms with Crippen molar-refractivity contribution in [1.82, 2.24) is 0 Å². The molecule has 0 amide bonds. The van der Waals surface area contributed by atoms with E-state index in [2.05, 4.69) is 27.7 Å². The fourth-order valence-corrected chi connectivity index (χ4v) is 1.33. The Morgan fingerprint density at radius 1 is 0.656 bits per heavy atom. The molecule has 6 nitrogen and oxygen atoms in total. The van der Waals surface area contributed by atoms with Crippen molar-refractivity contribution >= 4 is 0 Å². The van der Waals surface area contributed by atoms with Crippen LogP contribution >= 0.6 is 0 Å². The molecule has 32 heavy (non-hydrogen) atoms. The van der Waals surface area contributed by atoms with Crippen LogP contribution in [0.15, 0.2) is 0 Å². The SMILES string of the molecule is CC(C)(C)O.CC(C)CCO.CCC(O)CC.CCCC(C)O.CCCCCO.CCO. The van der Waals surface area contributed by atoms with E-state index in [-0.39, 0.29) is 18.8 Å². The zero-order valence-corrected chi connectivity index (χ0v) is 23.7. The van der Waals surface area contributed by atoms with Gasteiger partial charge < -0.3 is 30.6 Å². The Labute approximate surface area is 202 Å². The Bertz CT molecular complexity index is 229. The summed E-state index contributed by atoms with van der Waals surface area (Å²) in [5.74, 6) is 0.648. The average Bonchev–Trinajstić information content (AvgIpc) is 2.66. The second-order valence-electron chi connectivity index (χ2n) is 8.93. The first kappa shape index (κ1) is 45.3. The molecule has 0 aromatic rings. The van der Waals surface area contributed by atoms with Gasteiger partial charge in [0.15, 0.2) is 0 Å². The van der Waals surface area contributed by atoms with E-state index in [1.54, 1.807) is 27.7 Å². The molecule has 1 atom stereocenters. The average molecular weight is 473 g/mol. The predicted octanol–water partition coefficient (Wildman–Crippen LogP) is 5.30. The minimum absolute atomic E-state index is 0.0648. The van der Waals surface area contributed by atoms with Crippen LogP contribution < -0.4 is 0 Å². The van der Waals surface area contributed by atoms with Crippen LogP contribution in [0.25, 0.3) is 0 Å². The first-order valence-electron chi connectivity index (χ1n) is 12.6. The molecule has 0 heterocycles. The van der Waals surface area contributed by atoms with Crippen LogP contribution in [0.4, 0.5) is 0 Å². The third kappa shape index (κ3) is 151. The van der Waals surface area contributed by atoms with E-state index in [4.69, 9.17) is 30.6 Å². The summed E-state index contributed by atoms with van der Waals surface area (Å²) in [6.45, 7) is 22.0. The predicted molar refractivity (Wildman–Crippen MR) is 141 cm³/mol. The van der Waals surface area contributed by atoms with E-state index >= 15 is 0 Å². The Balaban J connectivity index is -0.0000000641. The molecule has 0 aliphatic carbocycles. The highest BCUT2D eigenvalue weighted by Gasteiger charge is 1.98. The van der Waals surface area contributed by atoms with Gasteiger partial charge in [0.1, 0.15) is 0 Å². The fraction of sp³-hybridized carbons (Fsp3) is 1.00. The number of aliphatic hydroxyl groups is 6. The van der Waals surface area contributed by atoms with Gasteiger partial charge in [-0.25, -0.2) is 0 Å². The van der Waals surface area contributed by atoms with Crippen molar-refractivity contribution in [3.05, 3.63) is 0 Å². The summed E-state index contributed by atoms with van der Waals surface area (Å²) >= 11 is 0. The highest BCUT2D eigenvalue weighted by molar-refractivity contribution is 4.51. The maximum atomic E-state index is 8.67. The molecule has 0 saturated heterocycles. The molecule has 204 valence electrons. The molecule has 0 bridgehead atoms. The molecule has 0 aliphatic rings. The van der Waals surface area contributed by atoms with Crippen LogP contribution in [0.1, 0.15) is 128 Å². The summed E-state index contributed by atoms with van der Waals surface area (Å²) in [5, 5.41) is 49.7. The number of aliphatic hydroxyl groups excluding tert-OH is 5. The van der Waals surface area contributed by atoms with E-state index in [0.717, 1.165) is 44.9 Å². The molecule has 0 aliphatic heterocycles. The van der Waals surface area contributed by atoms with E-state index in [1.807, 2.05) is 20.8 Å². The van der Waals surface area contributed by atoms with Crippen LogP contribution in [0.3, 0.4) is 0 Å². The van der Waals surface area contributed by atoms with Crippen molar-refractivity contribution in [1.29, 1.82) is 0 Å². The van der Waals surface area contributed by atoms with Crippen molar-refractivity contribution in [2.24, 2.45) is 5.92 Å². The van der Waals surface area contributed by atoms with Crippen molar-refractivity contribution in [3.8, 4) is 0 Å². The molecular formula is C26H64O6. The number of hydrogen-bond acceptors (Lipinski definition) is 6. The van der Waals surface area contributed by atoms with Gasteiger partial charge in [-0.2, -0.15) is 0 Å². The summed E-state index contributed by atoms with van der Waals surface area (Å²) in [6, 6.07) is 0. The standard InChI is InChI=1S/4C5H12O.C4H10O.C2H6O/c1-5(2)3-4-6;1-3-4-5(2)6;1-3-5(6)4-2;1-2-3-4-5-6;1-4(2,3)5;1-2-3/h3*5-6H,3-4H2,1-2H3;6H,2-5H2,1H3;5H,1-3H3;3H,2H2,1H3. The first-order valence-corrected chi connectivity index (χ1v) is 12.6. The van der Waals surface area contributed by atoms with Crippen LogP contribution in [-0.2, 0) is 0 Å². The molecule has 0 aromatic heterocycles. The molecule has 0 radical (unpaired) electrons. The summed E-state index contributed by atoms with van der Waals surface area (Å²) in [6.07, 6.45) is 7.87. The molecule has 0 saturated carbocycles. The van der Waals surface area contributed by atoms with E-state index < -0.39 is 5.60 Å². The van der Waals surface area contributed by atoms with E-state index in [9.17, 15) is 0 Å². The van der Waals surface area contributed by atoms with Crippen LogP contribution in [0, 0.1) is 5.92 Å². The third-order valence-electron chi connectivity index (χ3n) is 3.12. The molecular weight excluding hydrogens is 408 g/mol. The number of rotatable bonds is 9. The Morgan fingerprint density at radius 2 is 1.03 bits per heavy atom. The third-order valence-corrected chi connectivity index (χ3v) is 3.12. The quantitative estimate of drug-likeness (QED) is 0.253. The van der Waals surface area contributed by atoms with Gasteiger partial charge in [-0.3, -0.25) is 0 Å². The lowest BCUT2D eigenvalue weighted by atomic mass is 10.2. The van der Waals surface area contributed by atoms with Crippen molar-refractivity contribution in [3.63, 3.8) is 0 Å². The minimum atomic E-state index is -0.500. The van der Waals surface area contributed by atoms with E-state index in [0.29, 0.717) is 19.1 Å². The second kappa shape index (κ2) is 41.1. The van der Waals surface area contributed by atoms with Crippen LogP contribution in [0.5, 0.6) is 0 Å². The molecule has 0 aromatic carbocycles. The lowest BCUT2D eigenvalue weighted by molar-refractivity contribution is 0.102. The zero-order valence-electron chi connectivity index (χ0n) is 23.7. The van der Waals surface area contributed by atoms with Gasteiger partial charge in [0.05, 0.1) is 17.8 Å². The van der Waals surface area contributed by atoms with Gasteiger partial charge in [-0.1, -0.05) is 60.8 Å². The van der Waals surface area contributed by atoms with Gasteiger partial charge >= 0.3 is 0 Å². The van der Waals surface area contributed by atoms with Gasteiger partial charge in [0, 0.05) is 19.8 Å². The van der Waals surface area contributed by atoms with Crippen molar-refractivity contribution in [2.45, 2.75) is 145 Å². The smallest absolute Gasteiger partial charge is 0.0563 e. The van der Waals surface area contributed by atoms with Crippen LogP contribution in [0.2, 0.25) is 0 Å². The monoisotopic (exact) mass is 472 g/mol. The van der Waals surface area contributed by atoms with Gasteiger partial charge in [0.25, 0.3) is 0 Å². The highest BCUT2D eigenvalue weighted by atomic mass is 16.3. The van der Waals surface area contributed by atoms with Gasteiger partial charge in [0.2, 0.25) is 0 Å². The van der Waals surface area contributed by atoms with Crippen molar-refractivity contribution < 1.29 is 30.6 Å². The normalized spacial score (nSPS) is 10.6. The Morgan fingerprint density at radius 3 is 1.06 bits per heavy atom. The molecule has 0 spiro atoms. The molecule has 6 N–H and O–H groups in total. The lowest BCUT2D eigenvalue weighted by Gasteiger charge is -2.04. The summed E-state index contributed by atoms with van der Waals surface area (Å²) in [7, 11) is 0. The molecule has 0 rings (SSSR count). The fourth-order valence-electron chi connectivity index (χ4n) is 1.33. The largest absolute Gasteiger partial charge is 0.397 e. The van der Waals surface area contributed by atoms with Gasteiger partial charge in [-0.05, 0) is 72.6 Å². The minimum Gasteiger partial charge on any atom is -0.397 e. The maximum Gasteiger partial charge on any atom is 0.0563 e. The first-order chi connectivity index (χ1) is 14.7. The second-order valence-corrected chi connectivity index (χ2v) is 8.93. The van der Waals surface area contributed by atoms with Gasteiger partial charge in [-0.15, -0.1) is 0 Å². The Hall–Kier alpha value is -0.240. The summed E-state index contributed by atoms with van der Waals surface area (Å²) in [4.78, 5) is 0. The van der Waals surface area contributed by atoms with E-state index in [1.165, 1.54) is 6.42 Å². The Kier molecular flexibility index (Phi) is 58.1. The zero-order chi connectivity index (χ0) is 27.0. The molecule has 6 heteroatoms. The van der Waals surface area contributed by atoms with Crippen molar-refractivity contribution in [2.75, 3.05) is 19.8 Å². The maximum absolute atomic E-state index is 8.67. The van der Waals surface area contributed by atoms with Crippen LogP contribution in [-0.4, -0.2) is 68.3 Å². The summed E-state index contributed by atoms with van der Waals surface area (Å²) < 4.78 is 0. The number of unbranched alkanes of at least 4 members (excludes halogenated alkanes) is 2.